The molecule has 0 radical (unpaired) electrons. The molecular weight excluding hydrogens is 426 g/mol. The van der Waals surface area contributed by atoms with Crippen LogP contribution in [0.4, 0.5) is 0 Å². The van der Waals surface area contributed by atoms with Gasteiger partial charge in [0.2, 0.25) is 0 Å². The van der Waals surface area contributed by atoms with Gasteiger partial charge >= 0.3 is 5.97 Å². The van der Waals surface area contributed by atoms with Crippen molar-refractivity contribution >= 4 is 11.9 Å². The van der Waals surface area contributed by atoms with Gasteiger partial charge in [-0.15, -0.1) is 0 Å². The molecule has 0 spiro atoms. The van der Waals surface area contributed by atoms with Crippen molar-refractivity contribution in [3.8, 4) is 23.0 Å². The summed E-state index contributed by atoms with van der Waals surface area (Å²) in [5.41, 5.74) is 1.30. The van der Waals surface area contributed by atoms with Crippen molar-refractivity contribution in [2.45, 2.75) is 26.7 Å². The van der Waals surface area contributed by atoms with Gasteiger partial charge < -0.3 is 29.0 Å². The van der Waals surface area contributed by atoms with E-state index in [1.54, 1.807) is 18.2 Å². The highest BCUT2D eigenvalue weighted by Crippen LogP contribution is 2.31. The smallest absolute Gasteiger partial charge is 0.338 e. The molecule has 8 nitrogen and oxygen atoms in total. The molecule has 2 aromatic rings. The summed E-state index contributed by atoms with van der Waals surface area (Å²) in [5.74, 6) is 1.99. The number of hydrogen-bond donors (Lipinski definition) is 1. The third-order valence-corrected chi connectivity index (χ3v) is 5.03. The first kappa shape index (κ1) is 24.2. The number of ether oxygens (including phenoxy) is 5. The van der Waals surface area contributed by atoms with Gasteiger partial charge in [-0.3, -0.25) is 4.79 Å². The van der Waals surface area contributed by atoms with E-state index in [1.807, 2.05) is 18.2 Å². The van der Waals surface area contributed by atoms with E-state index in [1.165, 1.54) is 7.11 Å². The molecule has 0 bridgehead atoms. The van der Waals surface area contributed by atoms with Gasteiger partial charge in [0.15, 0.2) is 29.6 Å². The Morgan fingerprint density at radius 2 is 1.82 bits per heavy atom. The van der Waals surface area contributed by atoms with E-state index in [2.05, 4.69) is 19.2 Å². The van der Waals surface area contributed by atoms with Crippen molar-refractivity contribution in [1.82, 2.24) is 5.32 Å². The first-order chi connectivity index (χ1) is 16.0. The van der Waals surface area contributed by atoms with Crippen LogP contribution in [0.15, 0.2) is 36.4 Å². The lowest BCUT2D eigenvalue weighted by atomic mass is 10.1. The summed E-state index contributed by atoms with van der Waals surface area (Å²) in [6, 6.07) is 10.5. The summed E-state index contributed by atoms with van der Waals surface area (Å²) in [5, 5.41) is 2.75. The number of hydrogen-bond acceptors (Lipinski definition) is 7. The van der Waals surface area contributed by atoms with Gasteiger partial charge in [-0.1, -0.05) is 19.9 Å². The van der Waals surface area contributed by atoms with Crippen LogP contribution >= 0.6 is 0 Å². The maximum absolute atomic E-state index is 12.3. The van der Waals surface area contributed by atoms with Crippen molar-refractivity contribution in [2.75, 3.05) is 40.1 Å². The van der Waals surface area contributed by atoms with Crippen LogP contribution in [0.5, 0.6) is 23.0 Å². The molecule has 3 rings (SSSR count). The van der Waals surface area contributed by atoms with Crippen LogP contribution in [0.25, 0.3) is 0 Å². The first-order valence-corrected chi connectivity index (χ1v) is 11.1. The van der Waals surface area contributed by atoms with Crippen LogP contribution in [-0.2, 0) is 16.0 Å². The Labute approximate surface area is 194 Å². The molecule has 2 aromatic carbocycles. The van der Waals surface area contributed by atoms with Crippen molar-refractivity contribution in [3.05, 3.63) is 47.5 Å². The second kappa shape index (κ2) is 12.0. The zero-order valence-corrected chi connectivity index (χ0v) is 19.3. The van der Waals surface area contributed by atoms with Gasteiger partial charge in [-0.05, 0) is 54.7 Å². The lowest BCUT2D eigenvalue weighted by Crippen LogP contribution is -2.30. The molecule has 178 valence electrons. The maximum atomic E-state index is 12.3. The molecule has 0 saturated heterocycles. The Kier molecular flexibility index (Phi) is 8.80. The molecule has 1 aliphatic heterocycles. The number of carbonyl (C=O) groups is 2. The number of nitrogens with one attached hydrogen (secondary N) is 1. The fourth-order valence-corrected chi connectivity index (χ4v) is 3.17. The summed E-state index contributed by atoms with van der Waals surface area (Å²) >= 11 is 0. The lowest BCUT2D eigenvalue weighted by molar-refractivity contribution is -0.124. The van der Waals surface area contributed by atoms with Gasteiger partial charge in [0.1, 0.15) is 13.2 Å². The third-order valence-electron chi connectivity index (χ3n) is 5.03. The monoisotopic (exact) mass is 457 g/mol. The molecule has 0 saturated carbocycles. The number of carbonyl (C=O) groups excluding carboxylic acids is 2. The van der Waals surface area contributed by atoms with Gasteiger partial charge in [-0.2, -0.15) is 0 Å². The number of amides is 1. The van der Waals surface area contributed by atoms with Gasteiger partial charge in [0, 0.05) is 6.54 Å². The number of rotatable bonds is 11. The quantitative estimate of drug-likeness (QED) is 0.517. The molecule has 1 heterocycles. The molecule has 33 heavy (non-hydrogen) atoms. The molecule has 8 heteroatoms. The first-order valence-electron chi connectivity index (χ1n) is 11.1. The fraction of sp³-hybridized carbons (Fsp3) is 0.440. The highest BCUT2D eigenvalue weighted by atomic mass is 16.6. The maximum Gasteiger partial charge on any atom is 0.338 e. The van der Waals surface area contributed by atoms with E-state index >= 15 is 0 Å². The molecule has 1 amide bonds. The minimum Gasteiger partial charge on any atom is -0.493 e. The molecular formula is C25H31NO7. The van der Waals surface area contributed by atoms with Crippen molar-refractivity contribution in [3.63, 3.8) is 0 Å². The van der Waals surface area contributed by atoms with E-state index < -0.39 is 5.97 Å². The zero-order chi connectivity index (χ0) is 23.6. The predicted molar refractivity (Wildman–Crippen MR) is 122 cm³/mol. The Bertz CT molecular complexity index is 958. The van der Waals surface area contributed by atoms with Crippen LogP contribution in [-0.4, -0.2) is 52.0 Å². The van der Waals surface area contributed by atoms with Crippen LogP contribution in [0.3, 0.4) is 0 Å². The SMILES string of the molecule is COc1cc(C(=O)OCC(=O)NCCc2ccc3c(c2)OCCO3)ccc1OCCC(C)C. The van der Waals surface area contributed by atoms with Crippen molar-refractivity contribution < 1.29 is 33.3 Å². The highest BCUT2D eigenvalue weighted by Gasteiger charge is 2.15. The molecule has 0 aromatic heterocycles. The fourth-order valence-electron chi connectivity index (χ4n) is 3.17. The Hall–Kier alpha value is -3.42. The molecule has 0 fully saturated rings. The van der Waals surface area contributed by atoms with Gasteiger partial charge in [-0.25, -0.2) is 4.79 Å². The van der Waals surface area contributed by atoms with E-state index in [0.29, 0.717) is 56.0 Å². The van der Waals surface area contributed by atoms with Crippen molar-refractivity contribution in [1.29, 1.82) is 0 Å². The second-order valence-electron chi connectivity index (χ2n) is 8.05. The predicted octanol–water partition coefficient (Wildman–Crippen LogP) is 3.41. The van der Waals surface area contributed by atoms with Crippen molar-refractivity contribution in [2.24, 2.45) is 5.92 Å². The van der Waals surface area contributed by atoms with Crippen LogP contribution in [0, 0.1) is 5.92 Å². The largest absolute Gasteiger partial charge is 0.493 e. The van der Waals surface area contributed by atoms with E-state index in [0.717, 1.165) is 17.7 Å². The Morgan fingerprint density at radius 1 is 1.03 bits per heavy atom. The summed E-state index contributed by atoms with van der Waals surface area (Å²) in [7, 11) is 1.51. The average Bonchev–Trinajstić information content (AvgIpc) is 2.82. The van der Waals surface area contributed by atoms with Crippen LogP contribution < -0.4 is 24.3 Å². The zero-order valence-electron chi connectivity index (χ0n) is 19.3. The summed E-state index contributed by atoms with van der Waals surface area (Å²) in [6.07, 6.45) is 1.53. The minimum absolute atomic E-state index is 0.284. The molecule has 0 atom stereocenters. The highest BCUT2D eigenvalue weighted by molar-refractivity contribution is 5.92. The number of benzene rings is 2. The van der Waals surface area contributed by atoms with Crippen LogP contribution in [0.2, 0.25) is 0 Å². The molecule has 1 aliphatic rings. The van der Waals surface area contributed by atoms with E-state index in [4.69, 9.17) is 23.7 Å². The second-order valence-corrected chi connectivity index (χ2v) is 8.05. The number of fused-ring (bicyclic) bond motifs is 1. The minimum atomic E-state index is -0.607. The van der Waals surface area contributed by atoms with E-state index in [9.17, 15) is 9.59 Å². The third kappa shape index (κ3) is 7.30. The summed E-state index contributed by atoms with van der Waals surface area (Å²) in [6.45, 7) is 5.91. The topological polar surface area (TPSA) is 92.3 Å². The summed E-state index contributed by atoms with van der Waals surface area (Å²) in [4.78, 5) is 24.4. The average molecular weight is 458 g/mol. The van der Waals surface area contributed by atoms with Gasteiger partial charge in [0.25, 0.3) is 5.91 Å². The van der Waals surface area contributed by atoms with Crippen LogP contribution in [0.1, 0.15) is 36.2 Å². The molecule has 1 N–H and O–H groups in total. The standard InChI is InChI=1S/C25H31NO7/c1-17(2)9-11-30-20-7-5-19(15-22(20)29-3)25(28)33-16-24(27)26-10-8-18-4-6-21-23(14-18)32-13-12-31-21/h4-7,14-15,17H,8-13,16H2,1-3H3,(H,26,27). The molecule has 0 aliphatic carbocycles. The Morgan fingerprint density at radius 3 is 2.58 bits per heavy atom. The number of methoxy groups -OCH3 is 1. The summed E-state index contributed by atoms with van der Waals surface area (Å²) < 4.78 is 27.2. The lowest BCUT2D eigenvalue weighted by Gasteiger charge is -2.18. The number of esters is 1. The Balaban J connectivity index is 1.42. The normalized spacial score (nSPS) is 12.2. The van der Waals surface area contributed by atoms with Gasteiger partial charge in [0.05, 0.1) is 19.3 Å². The van der Waals surface area contributed by atoms with E-state index in [-0.39, 0.29) is 18.1 Å². The molecule has 0 unspecified atom stereocenters.